The average molecular weight is 465 g/mol. The number of fused-ring (bicyclic) bond motifs is 1. The van der Waals surface area contributed by atoms with Crippen molar-refractivity contribution in [3.05, 3.63) is 81.3 Å². The van der Waals surface area contributed by atoms with Crippen LogP contribution in [0.4, 0.5) is 4.39 Å². The summed E-state index contributed by atoms with van der Waals surface area (Å²) in [5.41, 5.74) is 1.76. The van der Waals surface area contributed by atoms with E-state index < -0.39 is 17.9 Å². The van der Waals surface area contributed by atoms with Crippen LogP contribution in [0.1, 0.15) is 24.7 Å². The van der Waals surface area contributed by atoms with Crippen LogP contribution in [0.25, 0.3) is 5.69 Å². The molecule has 0 saturated carbocycles. The summed E-state index contributed by atoms with van der Waals surface area (Å²) in [4.78, 5) is 26.6. The van der Waals surface area contributed by atoms with Crippen molar-refractivity contribution in [2.45, 2.75) is 32.5 Å². The van der Waals surface area contributed by atoms with Crippen molar-refractivity contribution in [3.63, 3.8) is 0 Å². The topological polar surface area (TPSA) is 113 Å². The molecule has 2 aromatic rings. The number of esters is 1. The lowest BCUT2D eigenvalue weighted by Gasteiger charge is -2.28. The zero-order valence-electron chi connectivity index (χ0n) is 18.7. The number of carbonyl (C=O) groups excluding carboxylic acids is 1. The van der Waals surface area contributed by atoms with Gasteiger partial charge >= 0.3 is 11.7 Å². The Hall–Kier alpha value is -3.81. The molecule has 176 valence electrons. The van der Waals surface area contributed by atoms with Crippen molar-refractivity contribution in [2.75, 3.05) is 19.7 Å². The van der Waals surface area contributed by atoms with Crippen LogP contribution in [0, 0.1) is 17.1 Å². The molecule has 0 saturated heterocycles. The molecule has 2 aliphatic rings. The first-order chi connectivity index (χ1) is 16.3. The summed E-state index contributed by atoms with van der Waals surface area (Å²) in [6.07, 6.45) is 3.05. The van der Waals surface area contributed by atoms with E-state index in [1.54, 1.807) is 18.2 Å². The monoisotopic (exact) mass is 465 g/mol. The lowest BCUT2D eigenvalue weighted by atomic mass is 10.0. The second-order valence-electron chi connectivity index (χ2n) is 8.31. The molecule has 4 rings (SSSR count). The molecule has 1 atom stereocenters. The third-order valence-corrected chi connectivity index (χ3v) is 5.83. The van der Waals surface area contributed by atoms with Gasteiger partial charge in [-0.2, -0.15) is 9.94 Å². The molecular formula is C24H24FN5O4. The molecule has 0 fully saturated rings. The van der Waals surface area contributed by atoms with Crippen molar-refractivity contribution in [1.29, 1.82) is 5.26 Å². The fraction of sp³-hybridized carbons (Fsp3) is 0.333. The Morgan fingerprint density at radius 2 is 2.21 bits per heavy atom. The summed E-state index contributed by atoms with van der Waals surface area (Å²) in [7, 11) is 0. The van der Waals surface area contributed by atoms with Crippen LogP contribution in [0.2, 0.25) is 0 Å². The molecule has 0 aliphatic carbocycles. The molecule has 1 unspecified atom stereocenters. The van der Waals surface area contributed by atoms with E-state index in [1.165, 1.54) is 16.7 Å². The Bertz CT molecular complexity index is 1310. The standard InChI is InChI=1S/C24H24FN5O4/c1-15(2)20-14-34-23(32)19(20)5-3-4-18(31)12-28-8-9-29-22(13-28)27-30(24(29)33)17-7-6-16(11-26)21(25)10-17/h3,5-7,10,18,31H,1,4,8-9,12-14H2,2H3/b5-3-. The Morgan fingerprint density at radius 3 is 2.91 bits per heavy atom. The molecule has 1 aromatic heterocycles. The van der Waals surface area contributed by atoms with E-state index in [9.17, 15) is 19.1 Å². The zero-order valence-corrected chi connectivity index (χ0v) is 18.7. The molecule has 0 bridgehead atoms. The van der Waals surface area contributed by atoms with Crippen LogP contribution >= 0.6 is 0 Å². The van der Waals surface area contributed by atoms with E-state index in [2.05, 4.69) is 11.7 Å². The molecule has 1 N–H and O–H groups in total. The van der Waals surface area contributed by atoms with Gasteiger partial charge in [0, 0.05) is 31.3 Å². The number of hydrogen-bond acceptors (Lipinski definition) is 7. The average Bonchev–Trinajstić information content (AvgIpc) is 3.33. The minimum absolute atomic E-state index is 0.105. The molecule has 34 heavy (non-hydrogen) atoms. The van der Waals surface area contributed by atoms with Gasteiger partial charge in [0.05, 0.1) is 29.5 Å². The number of β-amino-alcohol motifs (C(OH)–C–C–N with tert-alkyl or cyclic N) is 1. The Kier molecular flexibility index (Phi) is 6.58. The lowest BCUT2D eigenvalue weighted by Crippen LogP contribution is -2.41. The van der Waals surface area contributed by atoms with Gasteiger partial charge in [-0.05, 0) is 25.5 Å². The summed E-state index contributed by atoms with van der Waals surface area (Å²) >= 11 is 0. The van der Waals surface area contributed by atoms with Crippen LogP contribution < -0.4 is 5.69 Å². The van der Waals surface area contributed by atoms with Gasteiger partial charge < -0.3 is 9.84 Å². The third kappa shape index (κ3) is 4.62. The number of aromatic nitrogens is 3. The molecule has 10 heteroatoms. The maximum atomic E-state index is 14.0. The molecule has 0 radical (unpaired) electrons. The van der Waals surface area contributed by atoms with Gasteiger partial charge in [0.25, 0.3) is 0 Å². The van der Waals surface area contributed by atoms with Crippen LogP contribution in [0.15, 0.2) is 58.4 Å². The predicted molar refractivity (Wildman–Crippen MR) is 120 cm³/mol. The van der Waals surface area contributed by atoms with Gasteiger partial charge in [-0.1, -0.05) is 24.3 Å². The second kappa shape index (κ2) is 9.59. The van der Waals surface area contributed by atoms with Crippen LogP contribution in [-0.4, -0.2) is 56.1 Å². The third-order valence-electron chi connectivity index (χ3n) is 5.83. The SMILES string of the molecule is C=C(C)C1=C(/C=C\CC(O)CN2CCn3c(nn(-c4ccc(C#N)c(F)c4)c3=O)C2)C(=O)OC1. The number of aliphatic hydroxyl groups excluding tert-OH is 1. The summed E-state index contributed by atoms with van der Waals surface area (Å²) in [6, 6.07) is 5.65. The van der Waals surface area contributed by atoms with Crippen molar-refractivity contribution in [2.24, 2.45) is 0 Å². The molecule has 9 nitrogen and oxygen atoms in total. The highest BCUT2D eigenvalue weighted by atomic mass is 19.1. The van der Waals surface area contributed by atoms with Crippen LogP contribution in [0.3, 0.4) is 0 Å². The summed E-state index contributed by atoms with van der Waals surface area (Å²) in [6.45, 7) is 7.51. The molecular weight excluding hydrogens is 441 g/mol. The first kappa shape index (κ1) is 23.4. The Morgan fingerprint density at radius 1 is 1.41 bits per heavy atom. The number of benzene rings is 1. The summed E-state index contributed by atoms with van der Waals surface area (Å²) < 4.78 is 21.7. The first-order valence-corrected chi connectivity index (χ1v) is 10.8. The number of hydrogen-bond donors (Lipinski definition) is 1. The minimum Gasteiger partial charge on any atom is -0.457 e. The van der Waals surface area contributed by atoms with Crippen molar-refractivity contribution < 1.29 is 19.0 Å². The van der Waals surface area contributed by atoms with Gasteiger partial charge in [0.15, 0.2) is 0 Å². The van der Waals surface area contributed by atoms with Crippen LogP contribution in [-0.2, 0) is 22.6 Å². The van der Waals surface area contributed by atoms with Crippen LogP contribution in [0.5, 0.6) is 0 Å². The number of nitriles is 1. The Labute approximate surface area is 195 Å². The first-order valence-electron chi connectivity index (χ1n) is 10.8. The quantitative estimate of drug-likeness (QED) is 0.618. The van der Waals surface area contributed by atoms with Crippen molar-refractivity contribution in [3.8, 4) is 11.8 Å². The smallest absolute Gasteiger partial charge is 0.350 e. The van der Waals surface area contributed by atoms with E-state index >= 15 is 0 Å². The highest BCUT2D eigenvalue weighted by Crippen LogP contribution is 2.23. The van der Waals surface area contributed by atoms with Gasteiger partial charge in [0.1, 0.15) is 24.3 Å². The Balaban J connectivity index is 1.40. The predicted octanol–water partition coefficient (Wildman–Crippen LogP) is 1.60. The molecule has 3 heterocycles. The minimum atomic E-state index is -0.715. The lowest BCUT2D eigenvalue weighted by molar-refractivity contribution is -0.135. The van der Waals surface area contributed by atoms with E-state index in [-0.39, 0.29) is 23.5 Å². The number of aliphatic hydroxyl groups is 1. The molecule has 2 aliphatic heterocycles. The van der Waals surface area contributed by atoms with E-state index in [4.69, 9.17) is 10.00 Å². The number of rotatable bonds is 7. The zero-order chi connectivity index (χ0) is 24.4. The van der Waals surface area contributed by atoms with Gasteiger partial charge in [0.2, 0.25) is 0 Å². The maximum Gasteiger partial charge on any atom is 0.350 e. The second-order valence-corrected chi connectivity index (χ2v) is 8.31. The fourth-order valence-corrected chi connectivity index (χ4v) is 4.00. The normalized spacial score (nSPS) is 17.1. The summed E-state index contributed by atoms with van der Waals surface area (Å²) in [5, 5.41) is 23.7. The maximum absolute atomic E-state index is 14.0. The number of nitrogens with zero attached hydrogens (tertiary/aromatic N) is 5. The highest BCUT2D eigenvalue weighted by molar-refractivity contribution is 5.95. The molecule has 0 amide bonds. The van der Waals surface area contributed by atoms with Gasteiger partial charge in [-0.3, -0.25) is 9.47 Å². The molecule has 0 spiro atoms. The molecule has 1 aromatic carbocycles. The van der Waals surface area contributed by atoms with E-state index in [0.717, 1.165) is 21.9 Å². The summed E-state index contributed by atoms with van der Waals surface area (Å²) in [5.74, 6) is -0.600. The highest BCUT2D eigenvalue weighted by Gasteiger charge is 2.25. The largest absolute Gasteiger partial charge is 0.457 e. The van der Waals surface area contributed by atoms with E-state index in [0.29, 0.717) is 44.0 Å². The van der Waals surface area contributed by atoms with Crippen molar-refractivity contribution >= 4 is 5.97 Å². The van der Waals surface area contributed by atoms with Gasteiger partial charge in [-0.25, -0.2) is 14.0 Å². The van der Waals surface area contributed by atoms with Gasteiger partial charge in [-0.15, -0.1) is 5.10 Å². The number of cyclic esters (lactones) is 1. The number of halogens is 1. The fourth-order valence-electron chi connectivity index (χ4n) is 4.00. The number of ether oxygens (including phenoxy) is 1. The number of carbonyl (C=O) groups is 1. The van der Waals surface area contributed by atoms with Crippen molar-refractivity contribution in [1.82, 2.24) is 19.2 Å². The van der Waals surface area contributed by atoms with E-state index in [1.807, 2.05) is 11.8 Å².